The predicted molar refractivity (Wildman–Crippen MR) is 93.9 cm³/mol. The maximum Gasteiger partial charge on any atom is 0.203 e. The maximum absolute atomic E-state index is 12.0. The Balaban J connectivity index is 2.44. The minimum absolute atomic E-state index is 0.0514. The van der Waals surface area contributed by atoms with Crippen LogP contribution < -0.4 is 14.2 Å². The maximum atomic E-state index is 12.0. The molecule has 2 rings (SSSR count). The van der Waals surface area contributed by atoms with E-state index in [0.29, 0.717) is 29.2 Å². The van der Waals surface area contributed by atoms with Crippen LogP contribution >= 0.6 is 22.6 Å². The van der Waals surface area contributed by atoms with Gasteiger partial charge in [-0.1, -0.05) is 6.08 Å². The molecule has 0 aliphatic heterocycles. The number of benzene rings is 1. The van der Waals surface area contributed by atoms with Gasteiger partial charge in [-0.05, 0) is 59.2 Å². The molecule has 1 aliphatic carbocycles. The summed E-state index contributed by atoms with van der Waals surface area (Å²) < 4.78 is 16.7. The highest BCUT2D eigenvalue weighted by Crippen LogP contribution is 2.38. The fourth-order valence-electron chi connectivity index (χ4n) is 2.19. The predicted octanol–water partition coefficient (Wildman–Crippen LogP) is 3.93. The van der Waals surface area contributed by atoms with Crippen molar-refractivity contribution in [2.24, 2.45) is 0 Å². The van der Waals surface area contributed by atoms with Crippen LogP contribution in [0.25, 0.3) is 6.08 Å². The second-order valence-electron chi connectivity index (χ2n) is 4.65. The van der Waals surface area contributed by atoms with Gasteiger partial charge in [-0.3, -0.25) is 4.79 Å². The Labute approximate surface area is 143 Å². The minimum Gasteiger partial charge on any atom is -0.493 e. The van der Waals surface area contributed by atoms with Gasteiger partial charge in [0.15, 0.2) is 11.5 Å². The summed E-state index contributed by atoms with van der Waals surface area (Å²) in [5.74, 6) is 1.74. The van der Waals surface area contributed by atoms with Crippen LogP contribution in [0, 0.1) is 0 Å². The zero-order valence-electron chi connectivity index (χ0n) is 12.7. The van der Waals surface area contributed by atoms with E-state index in [2.05, 4.69) is 28.3 Å². The Hall–Kier alpha value is -1.72. The van der Waals surface area contributed by atoms with Gasteiger partial charge in [0.2, 0.25) is 11.5 Å². The van der Waals surface area contributed by atoms with Gasteiger partial charge in [0.05, 0.1) is 24.9 Å². The van der Waals surface area contributed by atoms with E-state index in [1.807, 2.05) is 18.2 Å². The third-order valence-corrected chi connectivity index (χ3v) is 4.24. The lowest BCUT2D eigenvalue weighted by Gasteiger charge is -2.12. The number of rotatable bonds is 4. The number of halogens is 1. The van der Waals surface area contributed by atoms with Crippen molar-refractivity contribution < 1.29 is 19.0 Å². The molecule has 5 heteroatoms. The molecule has 0 fully saturated rings. The van der Waals surface area contributed by atoms with Gasteiger partial charge in [-0.15, -0.1) is 5.73 Å². The number of hydrogen-bond acceptors (Lipinski definition) is 4. The Morgan fingerprint density at radius 1 is 1.14 bits per heavy atom. The third-order valence-electron chi connectivity index (χ3n) is 3.31. The van der Waals surface area contributed by atoms with Gasteiger partial charge in [0, 0.05) is 5.57 Å². The zero-order valence-corrected chi connectivity index (χ0v) is 14.9. The smallest absolute Gasteiger partial charge is 0.203 e. The Kier molecular flexibility index (Phi) is 5.69. The standard InChI is InChI=1S/C17H17IO4/c1-20-14-9-11(10-15(21-2)17(14)22-3)7-8-12-5-4-6-13(18)16(12)19/h6-7,9-10H,4-5H2,1-3H3. The average molecular weight is 412 g/mol. The van der Waals surface area contributed by atoms with Crippen LogP contribution in [0.2, 0.25) is 0 Å². The first-order valence-corrected chi connectivity index (χ1v) is 7.84. The van der Waals surface area contributed by atoms with E-state index in [1.54, 1.807) is 27.4 Å². The number of ketones is 1. The number of allylic oxidation sites excluding steroid dienone is 3. The molecule has 0 aromatic heterocycles. The highest BCUT2D eigenvalue weighted by Gasteiger charge is 2.16. The highest BCUT2D eigenvalue weighted by molar-refractivity contribution is 14.1. The molecule has 1 aromatic rings. The van der Waals surface area contributed by atoms with E-state index in [9.17, 15) is 4.79 Å². The zero-order chi connectivity index (χ0) is 16.1. The number of Topliss-reactive ketones (excluding diaryl/α,β-unsaturated/α-hetero) is 1. The lowest BCUT2D eigenvalue weighted by Crippen LogP contribution is -2.05. The molecular weight excluding hydrogens is 395 g/mol. The first kappa shape index (κ1) is 16.6. The molecule has 0 saturated heterocycles. The summed E-state index contributed by atoms with van der Waals surface area (Å²) in [5, 5.41) is 0. The topological polar surface area (TPSA) is 44.8 Å². The summed E-state index contributed by atoms with van der Waals surface area (Å²) in [5.41, 5.74) is 4.63. The van der Waals surface area contributed by atoms with E-state index >= 15 is 0 Å². The molecule has 0 N–H and O–H groups in total. The van der Waals surface area contributed by atoms with Crippen molar-refractivity contribution in [3.63, 3.8) is 0 Å². The van der Waals surface area contributed by atoms with Crippen LogP contribution in [0.4, 0.5) is 0 Å². The van der Waals surface area contributed by atoms with Crippen molar-refractivity contribution in [1.29, 1.82) is 0 Å². The first-order valence-electron chi connectivity index (χ1n) is 6.76. The number of carbonyl (C=O) groups is 1. The summed E-state index contributed by atoms with van der Waals surface area (Å²) in [4.78, 5) is 12.0. The summed E-state index contributed by atoms with van der Waals surface area (Å²) in [7, 11) is 4.70. The number of carbonyl (C=O) groups excluding carboxylic acids is 1. The van der Waals surface area contributed by atoms with E-state index in [4.69, 9.17) is 14.2 Å². The number of hydrogen-bond donors (Lipinski definition) is 0. The summed E-state index contributed by atoms with van der Waals surface area (Å²) in [6.45, 7) is 0. The molecule has 0 amide bonds. The molecule has 0 spiro atoms. The van der Waals surface area contributed by atoms with Crippen LogP contribution in [-0.2, 0) is 4.79 Å². The van der Waals surface area contributed by atoms with Crippen molar-refractivity contribution in [3.05, 3.63) is 38.7 Å². The molecule has 0 atom stereocenters. The van der Waals surface area contributed by atoms with Gasteiger partial charge in [0.25, 0.3) is 0 Å². The summed E-state index contributed by atoms with van der Waals surface area (Å²) in [6, 6.07) is 3.64. The Morgan fingerprint density at radius 3 is 2.32 bits per heavy atom. The van der Waals surface area contributed by atoms with Crippen LogP contribution in [0.5, 0.6) is 17.2 Å². The Bertz CT molecular complexity index is 657. The normalized spacial score (nSPS) is 14.1. The molecular formula is C17H17IO4. The van der Waals surface area contributed by atoms with Gasteiger partial charge >= 0.3 is 0 Å². The van der Waals surface area contributed by atoms with E-state index in [-0.39, 0.29) is 5.78 Å². The fraction of sp³-hybridized carbons (Fsp3) is 0.294. The van der Waals surface area contributed by atoms with Crippen LogP contribution in [0.1, 0.15) is 18.4 Å². The van der Waals surface area contributed by atoms with Crippen molar-refractivity contribution in [3.8, 4) is 17.2 Å². The molecule has 0 unspecified atom stereocenters. The first-order chi connectivity index (χ1) is 10.6. The molecule has 1 aliphatic rings. The lowest BCUT2D eigenvalue weighted by molar-refractivity contribution is -0.111. The van der Waals surface area contributed by atoms with Gasteiger partial charge < -0.3 is 14.2 Å². The second-order valence-corrected chi connectivity index (χ2v) is 5.81. The lowest BCUT2D eigenvalue weighted by atomic mass is 10.0. The molecule has 1 aromatic carbocycles. The summed E-state index contributed by atoms with van der Waals surface area (Å²) >= 11 is 2.06. The molecule has 0 bridgehead atoms. The molecule has 0 heterocycles. The monoisotopic (exact) mass is 412 g/mol. The Morgan fingerprint density at radius 2 is 1.77 bits per heavy atom. The van der Waals surface area contributed by atoms with Crippen molar-refractivity contribution in [1.82, 2.24) is 0 Å². The van der Waals surface area contributed by atoms with Gasteiger partial charge in [0.1, 0.15) is 0 Å². The molecule has 4 nitrogen and oxygen atoms in total. The van der Waals surface area contributed by atoms with Crippen LogP contribution in [0.15, 0.2) is 33.1 Å². The minimum atomic E-state index is 0.0514. The van der Waals surface area contributed by atoms with Gasteiger partial charge in [-0.25, -0.2) is 0 Å². The van der Waals surface area contributed by atoms with Crippen LogP contribution in [0.3, 0.4) is 0 Å². The van der Waals surface area contributed by atoms with Crippen molar-refractivity contribution in [2.45, 2.75) is 12.8 Å². The highest BCUT2D eigenvalue weighted by atomic mass is 127. The number of ether oxygens (including phenoxy) is 3. The summed E-state index contributed by atoms with van der Waals surface area (Å²) in [6.07, 6.45) is 5.31. The average Bonchev–Trinajstić information content (AvgIpc) is 2.55. The molecule has 116 valence electrons. The van der Waals surface area contributed by atoms with E-state index < -0.39 is 0 Å². The number of methoxy groups -OCH3 is 3. The largest absolute Gasteiger partial charge is 0.493 e. The molecule has 0 saturated carbocycles. The fourth-order valence-corrected chi connectivity index (χ4v) is 2.82. The molecule has 0 radical (unpaired) electrons. The van der Waals surface area contributed by atoms with Gasteiger partial charge in [-0.2, -0.15) is 0 Å². The molecule has 22 heavy (non-hydrogen) atoms. The van der Waals surface area contributed by atoms with E-state index in [1.165, 1.54) is 0 Å². The third kappa shape index (κ3) is 3.54. The van der Waals surface area contributed by atoms with Crippen molar-refractivity contribution >= 4 is 34.5 Å². The van der Waals surface area contributed by atoms with Crippen LogP contribution in [-0.4, -0.2) is 27.1 Å². The SMILES string of the molecule is COc1cc(C=C=C2CCC=C(I)C2=O)cc(OC)c1OC. The second kappa shape index (κ2) is 7.51. The van der Waals surface area contributed by atoms with E-state index in [0.717, 1.165) is 15.6 Å². The quantitative estimate of drug-likeness (QED) is 0.427. The van der Waals surface area contributed by atoms with Crippen molar-refractivity contribution in [2.75, 3.05) is 21.3 Å².